The fourth-order valence-corrected chi connectivity index (χ4v) is 2.59. The lowest BCUT2D eigenvalue weighted by molar-refractivity contribution is -0.137. The van der Waals surface area contributed by atoms with Crippen molar-refractivity contribution in [3.8, 4) is 0 Å². The summed E-state index contributed by atoms with van der Waals surface area (Å²) in [5.41, 5.74) is -0.611. The number of halogens is 5. The molecule has 0 spiro atoms. The predicted octanol–water partition coefficient (Wildman–Crippen LogP) is 4.48. The van der Waals surface area contributed by atoms with Crippen molar-refractivity contribution < 1.29 is 31.9 Å². The summed E-state index contributed by atoms with van der Waals surface area (Å²) in [6.07, 6.45) is -2.79. The molecule has 1 heterocycles. The number of benzene rings is 2. The molecule has 1 aromatic heterocycles. The Hall–Kier alpha value is -3.23. The monoisotopic (exact) mass is 382 g/mol. The zero-order valence-electron chi connectivity index (χ0n) is 13.5. The zero-order valence-corrected chi connectivity index (χ0v) is 13.5. The third kappa shape index (κ3) is 3.97. The Kier molecular flexibility index (Phi) is 4.69. The normalized spacial score (nSPS) is 12.2. The number of hydrogen-bond donors (Lipinski definition) is 1. The highest BCUT2D eigenvalue weighted by Crippen LogP contribution is 2.33. The van der Waals surface area contributed by atoms with Crippen LogP contribution in [-0.2, 0) is 17.5 Å². The molecule has 0 fully saturated rings. The Morgan fingerprint density at radius 2 is 1.89 bits per heavy atom. The molecule has 3 aromatic rings. The lowest BCUT2D eigenvalue weighted by Crippen LogP contribution is -2.06. The second-order valence-electron chi connectivity index (χ2n) is 5.68. The summed E-state index contributed by atoms with van der Waals surface area (Å²) in [5.74, 6) is -2.89. The van der Waals surface area contributed by atoms with Crippen LogP contribution in [0.5, 0.6) is 0 Å². The van der Waals surface area contributed by atoms with Gasteiger partial charge in [0.1, 0.15) is 11.6 Å². The molecule has 1 N–H and O–H groups in total. The van der Waals surface area contributed by atoms with Crippen molar-refractivity contribution in [2.75, 3.05) is 0 Å². The maximum absolute atomic E-state index is 13.9. The van der Waals surface area contributed by atoms with Gasteiger partial charge in [0.15, 0.2) is 0 Å². The largest absolute Gasteiger partial charge is 0.478 e. The minimum absolute atomic E-state index is 0.0129. The molecule has 0 saturated carbocycles. The fraction of sp³-hybridized carbons (Fsp3) is 0.111. The van der Waals surface area contributed by atoms with E-state index in [0.717, 1.165) is 30.4 Å². The van der Waals surface area contributed by atoms with Crippen LogP contribution in [0, 0.1) is 11.6 Å². The molecule has 0 aliphatic heterocycles. The van der Waals surface area contributed by atoms with Gasteiger partial charge in [0, 0.05) is 23.1 Å². The van der Waals surface area contributed by atoms with Gasteiger partial charge in [-0.05, 0) is 30.3 Å². The molecule has 140 valence electrons. The van der Waals surface area contributed by atoms with Crippen LogP contribution in [0.15, 0.2) is 42.5 Å². The number of hydrogen-bond acceptors (Lipinski definition) is 2. The van der Waals surface area contributed by atoms with Crippen molar-refractivity contribution >= 4 is 22.9 Å². The van der Waals surface area contributed by atoms with Crippen LogP contribution >= 0.6 is 0 Å². The highest BCUT2D eigenvalue weighted by atomic mass is 19.4. The Balaban J connectivity index is 2.13. The van der Waals surface area contributed by atoms with Crippen LogP contribution in [0.4, 0.5) is 22.0 Å². The molecular formula is C18H11F5N2O2. The molecule has 3 rings (SSSR count). The van der Waals surface area contributed by atoms with Crippen LogP contribution in [-0.4, -0.2) is 20.9 Å². The molecule has 0 atom stereocenters. The highest BCUT2D eigenvalue weighted by Gasteiger charge is 2.31. The SMILES string of the molecule is O=C(O)C=Cc1nn(Cc2ccc(F)cc2F)c2ccc(C(F)(F)F)cc12. The van der Waals surface area contributed by atoms with Crippen LogP contribution in [0.1, 0.15) is 16.8 Å². The Morgan fingerprint density at radius 1 is 1.15 bits per heavy atom. The maximum Gasteiger partial charge on any atom is 0.416 e. The summed E-state index contributed by atoms with van der Waals surface area (Å²) >= 11 is 0. The number of aromatic nitrogens is 2. The molecule has 4 nitrogen and oxygen atoms in total. The lowest BCUT2D eigenvalue weighted by atomic mass is 10.1. The van der Waals surface area contributed by atoms with E-state index in [4.69, 9.17) is 5.11 Å². The zero-order chi connectivity index (χ0) is 19.8. The number of fused-ring (bicyclic) bond motifs is 1. The molecule has 2 aromatic carbocycles. The minimum Gasteiger partial charge on any atom is -0.478 e. The van der Waals surface area contributed by atoms with Crippen LogP contribution in [0.3, 0.4) is 0 Å². The first-order chi connectivity index (χ1) is 12.6. The van der Waals surface area contributed by atoms with Crippen LogP contribution in [0.25, 0.3) is 17.0 Å². The average molecular weight is 382 g/mol. The first-order valence-corrected chi connectivity index (χ1v) is 7.58. The number of nitrogens with zero attached hydrogens (tertiary/aromatic N) is 2. The highest BCUT2D eigenvalue weighted by molar-refractivity contribution is 5.92. The molecular weight excluding hydrogens is 371 g/mol. The predicted molar refractivity (Wildman–Crippen MR) is 86.9 cm³/mol. The van der Waals surface area contributed by atoms with E-state index >= 15 is 0 Å². The van der Waals surface area contributed by atoms with E-state index in [9.17, 15) is 26.7 Å². The number of carbonyl (C=O) groups is 1. The topological polar surface area (TPSA) is 55.1 Å². The molecule has 9 heteroatoms. The number of rotatable bonds is 4. The van der Waals surface area contributed by atoms with Gasteiger partial charge in [0.05, 0.1) is 23.3 Å². The van der Waals surface area contributed by atoms with Crippen molar-refractivity contribution in [1.82, 2.24) is 9.78 Å². The Labute approximate surface area is 149 Å². The van der Waals surface area contributed by atoms with E-state index in [1.54, 1.807) is 0 Å². The number of carboxylic acid groups (broad SMARTS) is 1. The Bertz CT molecular complexity index is 1050. The Morgan fingerprint density at radius 3 is 2.52 bits per heavy atom. The fourth-order valence-electron chi connectivity index (χ4n) is 2.59. The number of carboxylic acids is 1. The van der Waals surface area contributed by atoms with Crippen molar-refractivity contribution in [2.24, 2.45) is 0 Å². The van der Waals surface area contributed by atoms with Gasteiger partial charge in [-0.2, -0.15) is 18.3 Å². The smallest absolute Gasteiger partial charge is 0.416 e. The van der Waals surface area contributed by atoms with E-state index in [1.807, 2.05) is 0 Å². The average Bonchev–Trinajstić information content (AvgIpc) is 2.92. The quantitative estimate of drug-likeness (QED) is 0.535. The standard InChI is InChI=1S/C18H11F5N2O2/c19-12-3-1-10(14(20)8-12)9-25-16-5-2-11(18(21,22)23)7-13(16)15(24-25)4-6-17(26)27/h1-8H,9H2,(H,26,27). The maximum atomic E-state index is 13.9. The van der Waals surface area contributed by atoms with Crippen molar-refractivity contribution in [3.05, 3.63) is 70.9 Å². The van der Waals surface area contributed by atoms with E-state index in [2.05, 4.69) is 5.10 Å². The number of alkyl halides is 3. The van der Waals surface area contributed by atoms with Crippen molar-refractivity contribution in [1.29, 1.82) is 0 Å². The third-order valence-corrected chi connectivity index (χ3v) is 3.83. The molecule has 0 amide bonds. The van der Waals surface area contributed by atoms with Gasteiger partial charge in [-0.15, -0.1) is 0 Å². The molecule has 0 unspecified atom stereocenters. The van der Waals surface area contributed by atoms with E-state index in [1.165, 1.54) is 16.8 Å². The molecule has 0 aliphatic carbocycles. The second kappa shape index (κ2) is 6.82. The summed E-state index contributed by atoms with van der Waals surface area (Å²) in [5, 5.41) is 12.9. The minimum atomic E-state index is -4.59. The molecule has 0 aliphatic rings. The summed E-state index contributed by atoms with van der Waals surface area (Å²) < 4.78 is 67.1. The van der Waals surface area contributed by atoms with E-state index in [-0.39, 0.29) is 28.7 Å². The van der Waals surface area contributed by atoms with Gasteiger partial charge >= 0.3 is 12.1 Å². The third-order valence-electron chi connectivity index (χ3n) is 3.83. The molecule has 0 saturated heterocycles. The second-order valence-corrected chi connectivity index (χ2v) is 5.68. The van der Waals surface area contributed by atoms with E-state index < -0.39 is 29.3 Å². The lowest BCUT2D eigenvalue weighted by Gasteiger charge is -2.08. The van der Waals surface area contributed by atoms with Crippen molar-refractivity contribution in [2.45, 2.75) is 12.7 Å². The van der Waals surface area contributed by atoms with Crippen LogP contribution < -0.4 is 0 Å². The van der Waals surface area contributed by atoms with Gasteiger partial charge in [-0.3, -0.25) is 4.68 Å². The molecule has 27 heavy (non-hydrogen) atoms. The summed E-state index contributed by atoms with van der Waals surface area (Å²) in [4.78, 5) is 10.7. The first-order valence-electron chi connectivity index (χ1n) is 7.58. The van der Waals surface area contributed by atoms with Crippen molar-refractivity contribution in [3.63, 3.8) is 0 Å². The molecule has 0 bridgehead atoms. The summed E-state index contributed by atoms with van der Waals surface area (Å²) in [6.45, 7) is -0.172. The summed E-state index contributed by atoms with van der Waals surface area (Å²) in [6, 6.07) is 5.82. The van der Waals surface area contributed by atoms with Gasteiger partial charge < -0.3 is 5.11 Å². The van der Waals surface area contributed by atoms with Crippen LogP contribution in [0.2, 0.25) is 0 Å². The molecule has 0 radical (unpaired) electrons. The van der Waals surface area contributed by atoms with E-state index in [0.29, 0.717) is 6.07 Å². The first kappa shape index (κ1) is 18.6. The van der Waals surface area contributed by atoms with Gasteiger partial charge in [0.2, 0.25) is 0 Å². The summed E-state index contributed by atoms with van der Waals surface area (Å²) in [7, 11) is 0. The van der Waals surface area contributed by atoms with Gasteiger partial charge in [0.25, 0.3) is 0 Å². The number of aliphatic carboxylic acids is 1. The van der Waals surface area contributed by atoms with Gasteiger partial charge in [-0.25, -0.2) is 13.6 Å². The van der Waals surface area contributed by atoms with Gasteiger partial charge in [-0.1, -0.05) is 6.07 Å².